The molecule has 13 heavy (non-hydrogen) atoms. The van der Waals surface area contributed by atoms with E-state index >= 15 is 0 Å². The SMILES string of the molecule is Cc1cccnc1CNC(C)CBr. The van der Waals surface area contributed by atoms with Gasteiger partial charge < -0.3 is 5.32 Å². The summed E-state index contributed by atoms with van der Waals surface area (Å²) in [6.45, 7) is 5.08. The highest BCUT2D eigenvalue weighted by molar-refractivity contribution is 9.09. The van der Waals surface area contributed by atoms with Crippen LogP contribution in [0.15, 0.2) is 18.3 Å². The van der Waals surface area contributed by atoms with Crippen LogP contribution < -0.4 is 5.32 Å². The Balaban J connectivity index is 2.50. The van der Waals surface area contributed by atoms with Crippen molar-refractivity contribution in [3.05, 3.63) is 29.6 Å². The monoisotopic (exact) mass is 242 g/mol. The molecule has 0 aliphatic heterocycles. The molecule has 0 bridgehead atoms. The Hall–Kier alpha value is -0.410. The van der Waals surface area contributed by atoms with Crippen molar-refractivity contribution in [2.24, 2.45) is 0 Å². The molecule has 0 aromatic carbocycles. The van der Waals surface area contributed by atoms with Gasteiger partial charge in [0.25, 0.3) is 0 Å². The summed E-state index contributed by atoms with van der Waals surface area (Å²) in [6.07, 6.45) is 1.84. The van der Waals surface area contributed by atoms with Gasteiger partial charge in [-0.1, -0.05) is 22.0 Å². The number of pyridine rings is 1. The van der Waals surface area contributed by atoms with E-state index < -0.39 is 0 Å². The summed E-state index contributed by atoms with van der Waals surface area (Å²) in [5, 5.41) is 4.35. The molecule has 0 saturated heterocycles. The van der Waals surface area contributed by atoms with Gasteiger partial charge in [0, 0.05) is 24.1 Å². The molecule has 2 nitrogen and oxygen atoms in total. The molecule has 0 fully saturated rings. The third-order valence-electron chi connectivity index (χ3n) is 1.97. The number of halogens is 1. The van der Waals surface area contributed by atoms with Crippen molar-refractivity contribution in [3.63, 3.8) is 0 Å². The van der Waals surface area contributed by atoms with Gasteiger partial charge in [0.15, 0.2) is 0 Å². The maximum atomic E-state index is 4.31. The lowest BCUT2D eigenvalue weighted by Gasteiger charge is -2.10. The van der Waals surface area contributed by atoms with Crippen molar-refractivity contribution in [2.75, 3.05) is 5.33 Å². The quantitative estimate of drug-likeness (QED) is 0.820. The second-order valence-corrected chi connectivity index (χ2v) is 3.85. The highest BCUT2D eigenvalue weighted by Crippen LogP contribution is 2.02. The van der Waals surface area contributed by atoms with Crippen LogP contribution in [0.5, 0.6) is 0 Å². The van der Waals surface area contributed by atoms with Crippen molar-refractivity contribution < 1.29 is 0 Å². The molecule has 1 unspecified atom stereocenters. The van der Waals surface area contributed by atoms with Crippen molar-refractivity contribution in [1.29, 1.82) is 0 Å². The predicted molar refractivity (Wildman–Crippen MR) is 59.1 cm³/mol. The zero-order valence-corrected chi connectivity index (χ0v) is 9.63. The van der Waals surface area contributed by atoms with Gasteiger partial charge in [-0.2, -0.15) is 0 Å². The van der Waals surface area contributed by atoms with E-state index in [1.807, 2.05) is 12.3 Å². The van der Waals surface area contributed by atoms with E-state index in [1.54, 1.807) is 0 Å². The second kappa shape index (κ2) is 5.35. The highest BCUT2D eigenvalue weighted by Gasteiger charge is 2.01. The van der Waals surface area contributed by atoms with E-state index in [2.05, 4.69) is 46.1 Å². The third-order valence-corrected chi connectivity index (χ3v) is 2.94. The number of aromatic nitrogens is 1. The van der Waals surface area contributed by atoms with Crippen LogP contribution in [0.1, 0.15) is 18.2 Å². The number of aryl methyl sites for hydroxylation is 1. The molecule has 0 radical (unpaired) electrons. The molecule has 1 heterocycles. The summed E-state index contributed by atoms with van der Waals surface area (Å²) in [4.78, 5) is 4.31. The summed E-state index contributed by atoms with van der Waals surface area (Å²) < 4.78 is 0. The van der Waals surface area contributed by atoms with Crippen LogP contribution in [0, 0.1) is 6.92 Å². The van der Waals surface area contributed by atoms with E-state index in [-0.39, 0.29) is 0 Å². The van der Waals surface area contributed by atoms with Gasteiger partial charge in [0.1, 0.15) is 0 Å². The summed E-state index contributed by atoms with van der Waals surface area (Å²) >= 11 is 3.42. The lowest BCUT2D eigenvalue weighted by molar-refractivity contribution is 0.589. The van der Waals surface area contributed by atoms with Gasteiger partial charge in [0.2, 0.25) is 0 Å². The van der Waals surface area contributed by atoms with Gasteiger partial charge in [-0.3, -0.25) is 4.98 Å². The van der Waals surface area contributed by atoms with Gasteiger partial charge in [0.05, 0.1) is 5.69 Å². The molecule has 0 aliphatic carbocycles. The van der Waals surface area contributed by atoms with Gasteiger partial charge in [-0.25, -0.2) is 0 Å². The normalized spacial score (nSPS) is 12.8. The smallest absolute Gasteiger partial charge is 0.0570 e. The van der Waals surface area contributed by atoms with E-state index in [9.17, 15) is 0 Å². The van der Waals surface area contributed by atoms with Crippen LogP contribution in [-0.2, 0) is 6.54 Å². The molecule has 0 spiro atoms. The fourth-order valence-electron chi connectivity index (χ4n) is 1.03. The molecule has 1 atom stereocenters. The zero-order chi connectivity index (χ0) is 9.68. The minimum Gasteiger partial charge on any atom is -0.308 e. The lowest BCUT2D eigenvalue weighted by Crippen LogP contribution is -2.27. The molecule has 0 amide bonds. The van der Waals surface area contributed by atoms with Crippen molar-refractivity contribution in [3.8, 4) is 0 Å². The average Bonchev–Trinajstić information content (AvgIpc) is 2.16. The topological polar surface area (TPSA) is 24.9 Å². The van der Waals surface area contributed by atoms with Crippen LogP contribution in [-0.4, -0.2) is 16.4 Å². The molecule has 1 rings (SSSR count). The third kappa shape index (κ3) is 3.44. The van der Waals surface area contributed by atoms with Crippen LogP contribution in [0.2, 0.25) is 0 Å². The Kier molecular flexibility index (Phi) is 4.39. The Labute approximate surface area is 87.9 Å². The summed E-state index contributed by atoms with van der Waals surface area (Å²) in [5.41, 5.74) is 2.38. The molecular formula is C10H15BrN2. The van der Waals surface area contributed by atoms with E-state index in [0.717, 1.165) is 17.6 Å². The average molecular weight is 243 g/mol. The lowest BCUT2D eigenvalue weighted by atomic mass is 10.2. The molecule has 1 N–H and O–H groups in total. The van der Waals surface area contributed by atoms with Crippen LogP contribution in [0.4, 0.5) is 0 Å². The number of hydrogen-bond donors (Lipinski definition) is 1. The molecule has 0 aliphatic rings. The van der Waals surface area contributed by atoms with Crippen LogP contribution >= 0.6 is 15.9 Å². The number of rotatable bonds is 4. The maximum Gasteiger partial charge on any atom is 0.0570 e. The van der Waals surface area contributed by atoms with Gasteiger partial charge >= 0.3 is 0 Å². The first-order chi connectivity index (χ1) is 6.24. The first kappa shape index (κ1) is 10.7. The molecule has 1 aromatic heterocycles. The first-order valence-corrected chi connectivity index (χ1v) is 5.56. The minimum absolute atomic E-state index is 0.487. The minimum atomic E-state index is 0.487. The van der Waals surface area contributed by atoms with E-state index in [0.29, 0.717) is 6.04 Å². The number of hydrogen-bond acceptors (Lipinski definition) is 2. The molecular weight excluding hydrogens is 228 g/mol. The van der Waals surface area contributed by atoms with Gasteiger partial charge in [-0.05, 0) is 25.5 Å². The standard InChI is InChI=1S/C10H15BrN2/c1-8-4-3-5-12-10(8)7-13-9(2)6-11/h3-5,9,13H,6-7H2,1-2H3. The predicted octanol–water partition coefficient (Wildman–Crippen LogP) is 2.26. The van der Waals surface area contributed by atoms with Crippen LogP contribution in [0.3, 0.4) is 0 Å². The number of nitrogens with one attached hydrogen (secondary N) is 1. The Bertz CT molecular complexity index is 263. The highest BCUT2D eigenvalue weighted by atomic mass is 79.9. The Morgan fingerprint density at radius 2 is 2.38 bits per heavy atom. The zero-order valence-electron chi connectivity index (χ0n) is 8.05. The van der Waals surface area contributed by atoms with E-state index in [1.165, 1.54) is 5.56 Å². The summed E-state index contributed by atoms with van der Waals surface area (Å²) in [5.74, 6) is 0. The molecule has 0 saturated carbocycles. The second-order valence-electron chi connectivity index (χ2n) is 3.20. The van der Waals surface area contributed by atoms with Crippen molar-refractivity contribution >= 4 is 15.9 Å². The molecule has 1 aromatic rings. The van der Waals surface area contributed by atoms with Gasteiger partial charge in [-0.15, -0.1) is 0 Å². The largest absolute Gasteiger partial charge is 0.308 e. The van der Waals surface area contributed by atoms with Crippen LogP contribution in [0.25, 0.3) is 0 Å². The summed E-state index contributed by atoms with van der Waals surface area (Å²) in [6, 6.07) is 4.54. The number of alkyl halides is 1. The maximum absolute atomic E-state index is 4.31. The van der Waals surface area contributed by atoms with E-state index in [4.69, 9.17) is 0 Å². The summed E-state index contributed by atoms with van der Waals surface area (Å²) in [7, 11) is 0. The fourth-order valence-corrected chi connectivity index (χ4v) is 1.26. The first-order valence-electron chi connectivity index (χ1n) is 4.44. The Morgan fingerprint density at radius 3 is 3.00 bits per heavy atom. The molecule has 3 heteroatoms. The fraction of sp³-hybridized carbons (Fsp3) is 0.500. The van der Waals surface area contributed by atoms with Crippen molar-refractivity contribution in [1.82, 2.24) is 10.3 Å². The molecule has 72 valence electrons. The number of nitrogens with zero attached hydrogens (tertiary/aromatic N) is 1. The Morgan fingerprint density at radius 1 is 1.62 bits per heavy atom. The van der Waals surface area contributed by atoms with Crippen molar-refractivity contribution in [2.45, 2.75) is 26.4 Å².